The molecule has 3 nitrogen and oxygen atoms in total. The third-order valence-electron chi connectivity index (χ3n) is 5.36. The number of carbonyl (C=O) groups is 1. The summed E-state index contributed by atoms with van der Waals surface area (Å²) in [5.41, 5.74) is 1.82. The molecular formula is C26H25NO2S3. The number of ketones is 1. The van der Waals surface area contributed by atoms with Crippen LogP contribution in [0.1, 0.15) is 41.4 Å². The van der Waals surface area contributed by atoms with Crippen molar-refractivity contribution in [2.45, 2.75) is 35.3 Å². The molecule has 0 saturated carbocycles. The second-order valence-corrected chi connectivity index (χ2v) is 10.3. The minimum atomic E-state index is -0.0301. The molecule has 3 aromatic rings. The summed E-state index contributed by atoms with van der Waals surface area (Å²) < 4.78 is 6.84. The van der Waals surface area contributed by atoms with Crippen molar-refractivity contribution in [2.24, 2.45) is 0 Å². The van der Waals surface area contributed by atoms with Crippen LogP contribution in [0.25, 0.3) is 0 Å². The summed E-state index contributed by atoms with van der Waals surface area (Å²) in [6.07, 6.45) is 0.386. The number of ether oxygens (including phenoxy) is 1. The summed E-state index contributed by atoms with van der Waals surface area (Å²) in [6, 6.07) is 23.8. The van der Waals surface area contributed by atoms with Gasteiger partial charge in [-0.2, -0.15) is 0 Å². The number of nitrogens with zero attached hydrogens (tertiary/aromatic N) is 1. The number of carbonyl (C=O) groups excluding carboxylic acids is 1. The Kier molecular flexibility index (Phi) is 7.55. The average Bonchev–Trinajstić information content (AvgIpc) is 2.83. The van der Waals surface area contributed by atoms with Crippen LogP contribution in [0.2, 0.25) is 0 Å². The largest absolute Gasteiger partial charge is 0.455 e. The predicted molar refractivity (Wildman–Crippen MR) is 138 cm³/mol. The average molecular weight is 480 g/mol. The normalized spacial score (nSPS) is 12.8. The number of rotatable bonds is 7. The molecule has 3 aromatic carbocycles. The molecule has 0 aromatic heterocycles. The fourth-order valence-corrected chi connectivity index (χ4v) is 6.34. The van der Waals surface area contributed by atoms with Gasteiger partial charge in [0.2, 0.25) is 0 Å². The van der Waals surface area contributed by atoms with Crippen LogP contribution < -0.4 is 4.74 Å². The van der Waals surface area contributed by atoms with Crippen molar-refractivity contribution in [1.29, 1.82) is 0 Å². The van der Waals surface area contributed by atoms with E-state index < -0.39 is 0 Å². The number of para-hydroxylation sites is 1. The molecule has 0 amide bonds. The molecule has 0 N–H and O–H groups in total. The molecule has 4 rings (SSSR count). The fourth-order valence-electron chi connectivity index (χ4n) is 3.56. The highest BCUT2D eigenvalue weighted by Gasteiger charge is 2.23. The van der Waals surface area contributed by atoms with Crippen LogP contribution in [-0.2, 0) is 0 Å². The van der Waals surface area contributed by atoms with Crippen LogP contribution in [0.4, 0.5) is 0 Å². The van der Waals surface area contributed by atoms with E-state index >= 15 is 0 Å². The van der Waals surface area contributed by atoms with Crippen molar-refractivity contribution in [2.75, 3.05) is 13.1 Å². The molecule has 0 radical (unpaired) electrons. The lowest BCUT2D eigenvalue weighted by Gasteiger charge is -2.25. The van der Waals surface area contributed by atoms with Gasteiger partial charge in [0.25, 0.3) is 0 Å². The van der Waals surface area contributed by atoms with E-state index in [0.29, 0.717) is 12.0 Å². The second kappa shape index (κ2) is 10.6. The van der Waals surface area contributed by atoms with Crippen molar-refractivity contribution < 1.29 is 9.53 Å². The lowest BCUT2D eigenvalue weighted by atomic mass is 10.0. The molecule has 1 heterocycles. The SMILES string of the molecule is CCN(CC)C(=S)SC(CC(=O)c1ccc2c(c1)Sc1ccccc1O2)c1ccccc1. The van der Waals surface area contributed by atoms with E-state index in [2.05, 4.69) is 30.9 Å². The van der Waals surface area contributed by atoms with Crippen LogP contribution in [0.3, 0.4) is 0 Å². The van der Waals surface area contributed by atoms with Gasteiger partial charge in [-0.3, -0.25) is 4.79 Å². The first-order chi connectivity index (χ1) is 15.6. The summed E-state index contributed by atoms with van der Waals surface area (Å²) in [4.78, 5) is 17.5. The summed E-state index contributed by atoms with van der Waals surface area (Å²) in [5.74, 6) is 1.76. The molecule has 0 fully saturated rings. The number of hydrogen-bond acceptors (Lipinski definition) is 5. The van der Waals surface area contributed by atoms with Crippen molar-refractivity contribution in [1.82, 2.24) is 4.90 Å². The summed E-state index contributed by atoms with van der Waals surface area (Å²) in [6.45, 7) is 5.93. The molecule has 1 aliphatic heterocycles. The smallest absolute Gasteiger partial charge is 0.164 e. The predicted octanol–water partition coefficient (Wildman–Crippen LogP) is 7.62. The van der Waals surface area contributed by atoms with Gasteiger partial charge in [0.1, 0.15) is 15.8 Å². The highest BCUT2D eigenvalue weighted by molar-refractivity contribution is 8.23. The number of fused-ring (bicyclic) bond motifs is 2. The van der Waals surface area contributed by atoms with Crippen molar-refractivity contribution >= 4 is 45.8 Å². The van der Waals surface area contributed by atoms with E-state index in [1.54, 1.807) is 23.5 Å². The Balaban J connectivity index is 1.54. The zero-order valence-corrected chi connectivity index (χ0v) is 20.6. The van der Waals surface area contributed by atoms with Gasteiger partial charge in [-0.25, -0.2) is 0 Å². The van der Waals surface area contributed by atoms with Gasteiger partial charge in [0.15, 0.2) is 5.78 Å². The molecule has 1 atom stereocenters. The first-order valence-electron chi connectivity index (χ1n) is 10.7. The molecule has 0 spiro atoms. The molecule has 0 bridgehead atoms. The third-order valence-corrected chi connectivity index (χ3v) is 8.19. The fraction of sp³-hybridized carbons (Fsp3) is 0.231. The second-order valence-electron chi connectivity index (χ2n) is 7.40. The Morgan fingerprint density at radius 2 is 1.66 bits per heavy atom. The molecule has 164 valence electrons. The highest BCUT2D eigenvalue weighted by atomic mass is 32.2. The molecule has 1 unspecified atom stereocenters. The summed E-state index contributed by atoms with van der Waals surface area (Å²) in [5, 5.41) is -0.0301. The zero-order valence-electron chi connectivity index (χ0n) is 18.1. The van der Waals surface area contributed by atoms with Gasteiger partial charge >= 0.3 is 0 Å². The Labute approximate surface area is 203 Å². The van der Waals surface area contributed by atoms with Crippen LogP contribution in [0, 0.1) is 0 Å². The Bertz CT molecular complexity index is 1110. The van der Waals surface area contributed by atoms with E-state index in [1.807, 2.05) is 60.7 Å². The lowest BCUT2D eigenvalue weighted by Crippen LogP contribution is -2.27. The molecule has 1 aliphatic rings. The quantitative estimate of drug-likeness (QED) is 0.200. The van der Waals surface area contributed by atoms with Crippen molar-refractivity contribution in [3.63, 3.8) is 0 Å². The van der Waals surface area contributed by atoms with Crippen LogP contribution in [0.15, 0.2) is 82.6 Å². The third kappa shape index (κ3) is 5.20. The molecule has 32 heavy (non-hydrogen) atoms. The number of thioether (sulfide) groups is 1. The summed E-state index contributed by atoms with van der Waals surface area (Å²) in [7, 11) is 0. The standard InChI is InChI=1S/C26H25NO2S3/c1-3-27(4-2)26(30)32-24(18-10-6-5-7-11-18)17-20(28)19-14-15-22-25(16-19)31-23-13-9-8-12-21(23)29-22/h5-16,24H,3-4,17H2,1-2H3. The molecular weight excluding hydrogens is 454 g/mol. The van der Waals surface area contributed by atoms with Gasteiger partial charge in [-0.1, -0.05) is 78.2 Å². The van der Waals surface area contributed by atoms with E-state index in [9.17, 15) is 4.79 Å². The first-order valence-corrected chi connectivity index (χ1v) is 12.8. The van der Waals surface area contributed by atoms with E-state index in [0.717, 1.165) is 44.3 Å². The van der Waals surface area contributed by atoms with Gasteiger partial charge in [-0.05, 0) is 49.7 Å². The number of benzene rings is 3. The van der Waals surface area contributed by atoms with Crippen LogP contribution in [-0.4, -0.2) is 28.1 Å². The molecule has 0 aliphatic carbocycles. The minimum Gasteiger partial charge on any atom is -0.455 e. The zero-order chi connectivity index (χ0) is 22.5. The Morgan fingerprint density at radius 3 is 2.41 bits per heavy atom. The lowest BCUT2D eigenvalue weighted by molar-refractivity contribution is 0.0982. The van der Waals surface area contributed by atoms with E-state index in [4.69, 9.17) is 17.0 Å². The number of hydrogen-bond donors (Lipinski definition) is 0. The molecule has 6 heteroatoms. The van der Waals surface area contributed by atoms with Crippen LogP contribution in [0.5, 0.6) is 11.5 Å². The maximum atomic E-state index is 13.3. The van der Waals surface area contributed by atoms with Gasteiger partial charge in [0, 0.05) is 30.3 Å². The Hall–Kier alpha value is -2.28. The topological polar surface area (TPSA) is 29.5 Å². The number of Topliss-reactive ketones (excluding diaryl/α,β-unsaturated/α-hetero) is 1. The van der Waals surface area contributed by atoms with Crippen LogP contribution >= 0.6 is 35.7 Å². The maximum Gasteiger partial charge on any atom is 0.164 e. The van der Waals surface area contributed by atoms with Gasteiger partial charge < -0.3 is 9.64 Å². The monoisotopic (exact) mass is 479 g/mol. The van der Waals surface area contributed by atoms with Crippen molar-refractivity contribution in [3.05, 3.63) is 83.9 Å². The summed E-state index contributed by atoms with van der Waals surface area (Å²) >= 11 is 8.94. The highest BCUT2D eigenvalue weighted by Crippen LogP contribution is 2.47. The van der Waals surface area contributed by atoms with Gasteiger partial charge in [-0.15, -0.1) is 0 Å². The van der Waals surface area contributed by atoms with E-state index in [-0.39, 0.29) is 11.0 Å². The van der Waals surface area contributed by atoms with Crippen molar-refractivity contribution in [3.8, 4) is 11.5 Å². The Morgan fingerprint density at radius 1 is 0.969 bits per heavy atom. The maximum absolute atomic E-state index is 13.3. The number of thiocarbonyl (C=S) groups is 1. The first kappa shape index (κ1) is 22.9. The minimum absolute atomic E-state index is 0.0301. The van der Waals surface area contributed by atoms with E-state index in [1.165, 1.54) is 0 Å². The molecule has 0 saturated heterocycles. The van der Waals surface area contributed by atoms with Gasteiger partial charge in [0.05, 0.1) is 9.79 Å².